The third-order valence-electron chi connectivity index (χ3n) is 2.11. The van der Waals surface area contributed by atoms with E-state index >= 15 is 0 Å². The Hall–Kier alpha value is -1.26. The molecule has 0 saturated heterocycles. The first-order valence-electron chi connectivity index (χ1n) is 5.18. The number of rotatable bonds is 7. The highest BCUT2D eigenvalue weighted by atomic mass is 16.7. The van der Waals surface area contributed by atoms with Crippen molar-refractivity contribution in [1.82, 2.24) is 0 Å². The molecule has 16 heavy (non-hydrogen) atoms. The van der Waals surface area contributed by atoms with E-state index in [4.69, 9.17) is 18.9 Å². The molecule has 0 N–H and O–H groups in total. The van der Waals surface area contributed by atoms with Gasteiger partial charge in [0.25, 0.3) is 0 Å². The van der Waals surface area contributed by atoms with Crippen molar-refractivity contribution in [3.8, 4) is 11.5 Å². The molecule has 0 heterocycles. The molecular formula is C12H18O4. The summed E-state index contributed by atoms with van der Waals surface area (Å²) in [5.41, 5.74) is 1.02. The Kier molecular flexibility index (Phi) is 5.67. The van der Waals surface area contributed by atoms with E-state index in [0.717, 1.165) is 23.5 Å². The van der Waals surface area contributed by atoms with Crippen molar-refractivity contribution < 1.29 is 18.9 Å². The zero-order chi connectivity index (χ0) is 11.8. The molecule has 4 heteroatoms. The van der Waals surface area contributed by atoms with E-state index in [0.29, 0.717) is 0 Å². The van der Waals surface area contributed by atoms with Crippen LogP contribution in [0.4, 0.5) is 0 Å². The monoisotopic (exact) mass is 226 g/mol. The van der Waals surface area contributed by atoms with Crippen LogP contribution in [-0.4, -0.2) is 27.8 Å². The summed E-state index contributed by atoms with van der Waals surface area (Å²) < 4.78 is 20.7. The highest BCUT2D eigenvalue weighted by molar-refractivity contribution is 5.44. The van der Waals surface area contributed by atoms with Gasteiger partial charge >= 0.3 is 0 Å². The molecule has 0 aliphatic heterocycles. The highest BCUT2D eigenvalue weighted by Gasteiger charge is 2.08. The topological polar surface area (TPSA) is 36.9 Å². The first kappa shape index (κ1) is 12.8. The summed E-state index contributed by atoms with van der Waals surface area (Å²) in [7, 11) is 3.19. The van der Waals surface area contributed by atoms with Gasteiger partial charge in [-0.25, -0.2) is 0 Å². The fourth-order valence-corrected chi connectivity index (χ4v) is 1.41. The molecule has 0 radical (unpaired) electrons. The van der Waals surface area contributed by atoms with E-state index in [2.05, 4.69) is 6.92 Å². The number of ether oxygens (including phenoxy) is 4. The third kappa shape index (κ3) is 3.40. The molecule has 0 unspecified atom stereocenters. The molecule has 0 saturated carbocycles. The van der Waals surface area contributed by atoms with Crippen LogP contribution in [0, 0.1) is 0 Å². The van der Waals surface area contributed by atoms with Crippen LogP contribution in [0.2, 0.25) is 0 Å². The van der Waals surface area contributed by atoms with Gasteiger partial charge < -0.3 is 18.9 Å². The summed E-state index contributed by atoms with van der Waals surface area (Å²) in [6.07, 6.45) is 0.832. The van der Waals surface area contributed by atoms with Crippen LogP contribution >= 0.6 is 0 Å². The smallest absolute Gasteiger partial charge is 0.188 e. The first-order chi connectivity index (χ1) is 7.83. The summed E-state index contributed by atoms with van der Waals surface area (Å²) >= 11 is 0. The van der Waals surface area contributed by atoms with Crippen molar-refractivity contribution >= 4 is 0 Å². The maximum absolute atomic E-state index is 5.45. The third-order valence-corrected chi connectivity index (χ3v) is 2.11. The lowest BCUT2D eigenvalue weighted by Gasteiger charge is -2.14. The molecule has 0 spiro atoms. The average Bonchev–Trinajstić information content (AvgIpc) is 2.33. The lowest BCUT2D eigenvalue weighted by atomic mass is 10.1. The number of benzene rings is 1. The van der Waals surface area contributed by atoms with E-state index < -0.39 is 0 Å². The van der Waals surface area contributed by atoms with Crippen molar-refractivity contribution in [1.29, 1.82) is 0 Å². The Morgan fingerprint density at radius 2 is 1.44 bits per heavy atom. The summed E-state index contributed by atoms with van der Waals surface area (Å²) in [5, 5.41) is 0. The maximum Gasteiger partial charge on any atom is 0.188 e. The van der Waals surface area contributed by atoms with Gasteiger partial charge in [0.05, 0.1) is 0 Å². The molecule has 1 aromatic carbocycles. The van der Waals surface area contributed by atoms with Crippen molar-refractivity contribution in [3.05, 3.63) is 23.8 Å². The summed E-state index contributed by atoms with van der Waals surface area (Å²) in [6, 6.07) is 5.68. The van der Waals surface area contributed by atoms with E-state index in [1.165, 1.54) is 0 Å². The molecule has 4 nitrogen and oxygen atoms in total. The zero-order valence-electron chi connectivity index (χ0n) is 9.99. The van der Waals surface area contributed by atoms with Crippen LogP contribution in [0.3, 0.4) is 0 Å². The van der Waals surface area contributed by atoms with E-state index in [9.17, 15) is 0 Å². The zero-order valence-corrected chi connectivity index (χ0v) is 9.99. The fourth-order valence-electron chi connectivity index (χ4n) is 1.41. The van der Waals surface area contributed by atoms with Crippen LogP contribution in [0.5, 0.6) is 11.5 Å². The molecule has 0 aromatic heterocycles. The second-order valence-corrected chi connectivity index (χ2v) is 3.19. The SMILES string of the molecule is CCc1c(OCOC)cccc1OCOC. The Morgan fingerprint density at radius 3 is 1.81 bits per heavy atom. The van der Waals surface area contributed by atoms with E-state index in [1.807, 2.05) is 18.2 Å². The molecule has 0 aliphatic rings. The quantitative estimate of drug-likeness (QED) is 0.668. The van der Waals surface area contributed by atoms with Gasteiger partial charge in [0, 0.05) is 19.8 Å². The van der Waals surface area contributed by atoms with Crippen molar-refractivity contribution in [2.24, 2.45) is 0 Å². The number of hydrogen-bond acceptors (Lipinski definition) is 4. The van der Waals surface area contributed by atoms with Gasteiger partial charge in [-0.3, -0.25) is 0 Å². The van der Waals surface area contributed by atoms with Crippen LogP contribution in [-0.2, 0) is 15.9 Å². The van der Waals surface area contributed by atoms with Crippen LogP contribution in [0.15, 0.2) is 18.2 Å². The standard InChI is InChI=1S/C12H18O4/c1-4-10-11(15-8-13-2)6-5-7-12(10)16-9-14-3/h5-7H,4,8-9H2,1-3H3. The number of hydrogen-bond donors (Lipinski definition) is 0. The lowest BCUT2D eigenvalue weighted by molar-refractivity contribution is 0.0447. The van der Waals surface area contributed by atoms with Gasteiger partial charge in [-0.15, -0.1) is 0 Å². The molecule has 0 bridgehead atoms. The highest BCUT2D eigenvalue weighted by Crippen LogP contribution is 2.29. The molecular weight excluding hydrogens is 208 g/mol. The molecule has 0 fully saturated rings. The Labute approximate surface area is 96.1 Å². The predicted molar refractivity (Wildman–Crippen MR) is 60.8 cm³/mol. The minimum absolute atomic E-state index is 0.237. The molecule has 1 rings (SSSR count). The average molecular weight is 226 g/mol. The van der Waals surface area contributed by atoms with Crippen molar-refractivity contribution in [3.63, 3.8) is 0 Å². The Balaban J connectivity index is 2.82. The summed E-state index contributed by atoms with van der Waals surface area (Å²) in [4.78, 5) is 0. The van der Waals surface area contributed by atoms with Gasteiger partial charge in [0.1, 0.15) is 11.5 Å². The van der Waals surface area contributed by atoms with Gasteiger partial charge in [-0.2, -0.15) is 0 Å². The molecule has 1 aromatic rings. The molecule has 0 amide bonds. The Morgan fingerprint density at radius 1 is 0.938 bits per heavy atom. The van der Waals surface area contributed by atoms with Gasteiger partial charge in [0.2, 0.25) is 0 Å². The first-order valence-corrected chi connectivity index (χ1v) is 5.18. The second-order valence-electron chi connectivity index (χ2n) is 3.19. The second kappa shape index (κ2) is 7.09. The van der Waals surface area contributed by atoms with E-state index in [1.54, 1.807) is 14.2 Å². The molecule has 0 aliphatic carbocycles. The van der Waals surface area contributed by atoms with Crippen molar-refractivity contribution in [2.45, 2.75) is 13.3 Å². The van der Waals surface area contributed by atoms with Crippen molar-refractivity contribution in [2.75, 3.05) is 27.8 Å². The number of methoxy groups -OCH3 is 2. The maximum atomic E-state index is 5.45. The fraction of sp³-hybridized carbons (Fsp3) is 0.500. The summed E-state index contributed by atoms with van der Waals surface area (Å²) in [5.74, 6) is 1.58. The largest absolute Gasteiger partial charge is 0.467 e. The normalized spacial score (nSPS) is 10.2. The lowest BCUT2D eigenvalue weighted by Crippen LogP contribution is -2.05. The predicted octanol–water partition coefficient (Wildman–Crippen LogP) is 2.21. The summed E-state index contributed by atoms with van der Waals surface area (Å²) in [6.45, 7) is 2.52. The van der Waals surface area contributed by atoms with Crippen LogP contribution in [0.25, 0.3) is 0 Å². The molecule has 0 atom stereocenters. The van der Waals surface area contributed by atoms with Crippen LogP contribution in [0.1, 0.15) is 12.5 Å². The Bertz CT molecular complexity index is 286. The van der Waals surface area contributed by atoms with Crippen LogP contribution < -0.4 is 9.47 Å². The van der Waals surface area contributed by atoms with E-state index in [-0.39, 0.29) is 13.6 Å². The van der Waals surface area contributed by atoms with Gasteiger partial charge in [-0.1, -0.05) is 13.0 Å². The van der Waals surface area contributed by atoms with Gasteiger partial charge in [-0.05, 0) is 18.6 Å². The minimum atomic E-state index is 0.237. The minimum Gasteiger partial charge on any atom is -0.467 e. The molecule has 90 valence electrons. The van der Waals surface area contributed by atoms with Gasteiger partial charge in [0.15, 0.2) is 13.6 Å².